The van der Waals surface area contributed by atoms with Crippen LogP contribution in [0.5, 0.6) is 0 Å². The summed E-state index contributed by atoms with van der Waals surface area (Å²) in [5.74, 6) is -0.518. The molecule has 78 valence electrons. The van der Waals surface area contributed by atoms with E-state index in [4.69, 9.17) is 11.6 Å². The highest BCUT2D eigenvalue weighted by atomic mass is 35.5. The van der Waals surface area contributed by atoms with Crippen LogP contribution in [0.4, 0.5) is 3.89 Å². The van der Waals surface area contributed by atoms with Gasteiger partial charge in [0.2, 0.25) is 0 Å². The van der Waals surface area contributed by atoms with Gasteiger partial charge < -0.3 is 0 Å². The second-order valence-electron chi connectivity index (χ2n) is 3.09. The van der Waals surface area contributed by atoms with Crippen LogP contribution in [0.3, 0.4) is 0 Å². The molecule has 0 radical (unpaired) electrons. The Balaban J connectivity index is 2.81. The minimum atomic E-state index is -4.41. The van der Waals surface area contributed by atoms with Crippen LogP contribution >= 0.6 is 11.6 Å². The second-order valence-corrected chi connectivity index (χ2v) is 4.98. The van der Waals surface area contributed by atoms with Crippen molar-refractivity contribution in [1.82, 2.24) is 0 Å². The molecule has 0 bridgehead atoms. The van der Waals surface area contributed by atoms with Crippen LogP contribution in [0, 0.1) is 6.92 Å². The number of halogens is 2. The fraction of sp³-hybridized carbons (Fsp3) is 0.333. The molecule has 0 N–H and O–H groups in total. The van der Waals surface area contributed by atoms with Gasteiger partial charge >= 0.3 is 10.2 Å². The minimum absolute atomic E-state index is 0.110. The third kappa shape index (κ3) is 3.64. The summed E-state index contributed by atoms with van der Waals surface area (Å²) in [5.41, 5.74) is 1.63. The van der Waals surface area contributed by atoms with Crippen LogP contribution in [0.15, 0.2) is 18.2 Å². The molecule has 5 heteroatoms. The number of hydrogen-bond donors (Lipinski definition) is 0. The van der Waals surface area contributed by atoms with E-state index in [1.807, 2.05) is 13.0 Å². The molecular weight excluding hydrogens is 227 g/mol. The number of benzene rings is 1. The summed E-state index contributed by atoms with van der Waals surface area (Å²) < 4.78 is 32.8. The molecule has 0 unspecified atom stereocenters. The second kappa shape index (κ2) is 4.28. The van der Waals surface area contributed by atoms with Crippen LogP contribution in [0.1, 0.15) is 11.1 Å². The highest BCUT2D eigenvalue weighted by Crippen LogP contribution is 2.18. The first-order chi connectivity index (χ1) is 6.38. The van der Waals surface area contributed by atoms with Crippen molar-refractivity contribution in [1.29, 1.82) is 0 Å². The Labute approximate surface area is 87.9 Å². The van der Waals surface area contributed by atoms with Gasteiger partial charge in [0.1, 0.15) is 0 Å². The number of aryl methyl sites for hydroxylation is 2. The average Bonchev–Trinajstić information content (AvgIpc) is 2.05. The minimum Gasteiger partial charge on any atom is -0.195 e. The van der Waals surface area contributed by atoms with Crippen LogP contribution in [0.25, 0.3) is 0 Å². The van der Waals surface area contributed by atoms with Crippen molar-refractivity contribution in [2.24, 2.45) is 0 Å². The lowest BCUT2D eigenvalue weighted by Crippen LogP contribution is -2.02. The van der Waals surface area contributed by atoms with Crippen LogP contribution < -0.4 is 0 Å². The molecule has 0 amide bonds. The number of rotatable bonds is 3. The van der Waals surface area contributed by atoms with E-state index < -0.39 is 16.0 Å². The normalized spacial score (nSPS) is 11.6. The fourth-order valence-electron chi connectivity index (χ4n) is 1.13. The predicted octanol–water partition coefficient (Wildman–Crippen LogP) is 2.49. The monoisotopic (exact) mass is 236 g/mol. The maximum absolute atomic E-state index is 12.2. The standard InChI is InChI=1S/C9H10ClFO2S/c1-7-2-3-9(10)8(6-7)4-5-14(11,12)13/h2-3,6H,4-5H2,1H3. The third-order valence-electron chi connectivity index (χ3n) is 1.82. The largest absolute Gasteiger partial charge is 0.302 e. The van der Waals surface area contributed by atoms with Crippen molar-refractivity contribution in [2.45, 2.75) is 13.3 Å². The van der Waals surface area contributed by atoms with Crippen LogP contribution in [-0.2, 0) is 16.6 Å². The maximum Gasteiger partial charge on any atom is 0.302 e. The zero-order valence-corrected chi connectivity index (χ0v) is 9.20. The molecule has 0 aliphatic heterocycles. The van der Waals surface area contributed by atoms with Crippen molar-refractivity contribution in [2.75, 3.05) is 5.75 Å². The molecule has 0 saturated carbocycles. The lowest BCUT2D eigenvalue weighted by Gasteiger charge is -2.03. The Morgan fingerprint density at radius 3 is 2.64 bits per heavy atom. The summed E-state index contributed by atoms with van der Waals surface area (Å²) in [5, 5.41) is 0.472. The van der Waals surface area contributed by atoms with E-state index in [9.17, 15) is 12.3 Å². The molecule has 1 aromatic rings. The van der Waals surface area contributed by atoms with Crippen LogP contribution in [-0.4, -0.2) is 14.2 Å². The van der Waals surface area contributed by atoms with Crippen molar-refractivity contribution < 1.29 is 12.3 Å². The molecule has 0 saturated heterocycles. The van der Waals surface area contributed by atoms with E-state index >= 15 is 0 Å². The van der Waals surface area contributed by atoms with Crippen molar-refractivity contribution >= 4 is 21.8 Å². The van der Waals surface area contributed by atoms with Gasteiger partial charge in [0.05, 0.1) is 5.75 Å². The highest BCUT2D eigenvalue weighted by molar-refractivity contribution is 7.86. The van der Waals surface area contributed by atoms with E-state index in [-0.39, 0.29) is 6.42 Å². The Hall–Kier alpha value is -0.610. The quantitative estimate of drug-likeness (QED) is 0.756. The summed E-state index contributed by atoms with van der Waals surface area (Å²) in [6, 6.07) is 5.25. The summed E-state index contributed by atoms with van der Waals surface area (Å²) in [7, 11) is -4.41. The zero-order valence-electron chi connectivity index (χ0n) is 7.63. The van der Waals surface area contributed by atoms with Crippen molar-refractivity contribution in [3.8, 4) is 0 Å². The van der Waals surface area contributed by atoms with Gasteiger partial charge in [-0.1, -0.05) is 29.3 Å². The van der Waals surface area contributed by atoms with Gasteiger partial charge in [-0.3, -0.25) is 0 Å². The van der Waals surface area contributed by atoms with Gasteiger partial charge in [-0.2, -0.15) is 8.42 Å². The van der Waals surface area contributed by atoms with Gasteiger partial charge in [-0.05, 0) is 25.0 Å². The van der Waals surface area contributed by atoms with E-state index in [2.05, 4.69) is 0 Å². The molecule has 0 spiro atoms. The van der Waals surface area contributed by atoms with Gasteiger partial charge in [0, 0.05) is 5.02 Å². The maximum atomic E-state index is 12.2. The summed E-state index contributed by atoms with van der Waals surface area (Å²) in [4.78, 5) is 0. The Bertz CT molecular complexity index is 428. The van der Waals surface area contributed by atoms with Crippen molar-refractivity contribution in [3.63, 3.8) is 0 Å². The Kier molecular flexibility index (Phi) is 3.50. The lowest BCUT2D eigenvalue weighted by molar-refractivity contribution is 0.551. The van der Waals surface area contributed by atoms with E-state index in [0.29, 0.717) is 10.6 Å². The molecule has 1 aromatic carbocycles. The third-order valence-corrected chi connectivity index (χ3v) is 2.88. The first kappa shape index (κ1) is 11.5. The zero-order chi connectivity index (χ0) is 10.8. The van der Waals surface area contributed by atoms with Gasteiger partial charge in [0.25, 0.3) is 0 Å². The lowest BCUT2D eigenvalue weighted by atomic mass is 10.1. The smallest absolute Gasteiger partial charge is 0.195 e. The first-order valence-electron chi connectivity index (χ1n) is 4.06. The molecule has 0 atom stereocenters. The molecule has 2 nitrogen and oxygen atoms in total. The molecule has 0 fully saturated rings. The molecular formula is C9H10ClFO2S. The summed E-state index contributed by atoms with van der Waals surface area (Å²) in [6.07, 6.45) is 0.110. The van der Waals surface area contributed by atoms with E-state index in [1.165, 1.54) is 0 Å². The van der Waals surface area contributed by atoms with Crippen molar-refractivity contribution in [3.05, 3.63) is 34.3 Å². The summed E-state index contributed by atoms with van der Waals surface area (Å²) >= 11 is 5.81. The molecule has 0 aliphatic rings. The van der Waals surface area contributed by atoms with E-state index in [1.54, 1.807) is 12.1 Å². The highest BCUT2D eigenvalue weighted by Gasteiger charge is 2.09. The van der Waals surface area contributed by atoms with Gasteiger partial charge in [-0.25, -0.2) is 0 Å². The number of hydrogen-bond acceptors (Lipinski definition) is 2. The molecule has 0 heterocycles. The Morgan fingerprint density at radius 1 is 1.43 bits per heavy atom. The Morgan fingerprint density at radius 2 is 2.07 bits per heavy atom. The van der Waals surface area contributed by atoms with Gasteiger partial charge in [-0.15, -0.1) is 3.89 Å². The van der Waals surface area contributed by atoms with Gasteiger partial charge in [0.15, 0.2) is 0 Å². The fourth-order valence-corrected chi connectivity index (χ4v) is 1.80. The topological polar surface area (TPSA) is 34.1 Å². The van der Waals surface area contributed by atoms with Crippen LogP contribution in [0.2, 0.25) is 5.02 Å². The molecule has 14 heavy (non-hydrogen) atoms. The first-order valence-corrected chi connectivity index (χ1v) is 5.99. The molecule has 0 aromatic heterocycles. The molecule has 1 rings (SSSR count). The predicted molar refractivity (Wildman–Crippen MR) is 54.8 cm³/mol. The summed E-state index contributed by atoms with van der Waals surface area (Å²) in [6.45, 7) is 1.86. The molecule has 0 aliphatic carbocycles. The average molecular weight is 237 g/mol. The SMILES string of the molecule is Cc1ccc(Cl)c(CCS(=O)(=O)F)c1. The van der Waals surface area contributed by atoms with E-state index in [0.717, 1.165) is 5.56 Å².